The minimum Gasteiger partial charge on any atom is -0.457 e. The number of aromatic nitrogens is 2. The van der Waals surface area contributed by atoms with Gasteiger partial charge in [0.15, 0.2) is 0 Å². The van der Waals surface area contributed by atoms with E-state index in [1.54, 1.807) is 37.4 Å². The van der Waals surface area contributed by atoms with Crippen molar-refractivity contribution in [2.75, 3.05) is 0 Å². The molecule has 0 unspecified atom stereocenters. The Morgan fingerprint density at radius 1 is 1.09 bits per heavy atom. The highest BCUT2D eigenvalue weighted by Crippen LogP contribution is 2.30. The van der Waals surface area contributed by atoms with Gasteiger partial charge in [-0.2, -0.15) is 0 Å². The second-order valence-electron chi connectivity index (χ2n) is 8.31. The average Bonchev–Trinajstić information content (AvgIpc) is 3.29. The van der Waals surface area contributed by atoms with Crippen molar-refractivity contribution in [2.24, 2.45) is 0 Å². The molecule has 5 nitrogen and oxygen atoms in total. The van der Waals surface area contributed by atoms with Crippen molar-refractivity contribution in [1.82, 2.24) is 14.9 Å². The van der Waals surface area contributed by atoms with Gasteiger partial charge in [-0.15, -0.1) is 0 Å². The van der Waals surface area contributed by atoms with Crippen LogP contribution in [0, 0.1) is 18.6 Å². The normalized spacial score (nSPS) is 11.0. The molecule has 1 N–H and O–H groups in total. The van der Waals surface area contributed by atoms with Gasteiger partial charge in [0.05, 0.1) is 5.69 Å². The second-order valence-corrected chi connectivity index (χ2v) is 8.31. The molecule has 34 heavy (non-hydrogen) atoms. The smallest absolute Gasteiger partial charge is 0.251 e. The summed E-state index contributed by atoms with van der Waals surface area (Å²) in [4.78, 5) is 17.2. The molecule has 0 radical (unpaired) electrons. The van der Waals surface area contributed by atoms with E-state index >= 15 is 0 Å². The molecule has 0 bridgehead atoms. The van der Waals surface area contributed by atoms with Gasteiger partial charge in [-0.3, -0.25) is 9.78 Å². The maximum absolute atomic E-state index is 13.4. The van der Waals surface area contributed by atoms with Crippen LogP contribution in [0.15, 0.2) is 73.2 Å². The van der Waals surface area contributed by atoms with Crippen molar-refractivity contribution in [1.29, 1.82) is 0 Å². The predicted molar refractivity (Wildman–Crippen MR) is 127 cm³/mol. The molecular weight excluding hydrogens is 436 g/mol. The Labute approximate surface area is 197 Å². The first-order valence-electron chi connectivity index (χ1n) is 10.9. The molecule has 174 valence electrons. The summed E-state index contributed by atoms with van der Waals surface area (Å²) in [5.41, 5.74) is 3.17. The number of hydrogen-bond acceptors (Lipinski definition) is 3. The predicted octanol–water partition coefficient (Wildman–Crippen LogP) is 6.44. The van der Waals surface area contributed by atoms with E-state index in [0.29, 0.717) is 34.2 Å². The fourth-order valence-corrected chi connectivity index (χ4v) is 3.61. The SMILES string of the molecule is Cc1c(Oc2ccnc(-c3ccn(C(C)C)c3)c2)cccc1C(=O)NCc1cc(F)cc(F)c1. The largest absolute Gasteiger partial charge is 0.457 e. The van der Waals surface area contributed by atoms with Crippen LogP contribution in [0.2, 0.25) is 0 Å². The molecule has 4 rings (SSSR count). The number of amides is 1. The number of rotatable bonds is 7. The summed E-state index contributed by atoms with van der Waals surface area (Å²) in [7, 11) is 0. The standard InChI is InChI=1S/C27H25F2N3O2/c1-17(2)32-10-8-20(16-32)25-14-23(7-9-30-25)34-26-6-4-5-24(18(26)3)27(33)31-15-19-11-21(28)13-22(29)12-19/h4-14,16-17H,15H2,1-3H3,(H,31,33). The molecule has 0 spiro atoms. The van der Waals surface area contributed by atoms with Crippen LogP contribution in [0.3, 0.4) is 0 Å². The number of carbonyl (C=O) groups excluding carboxylic acids is 1. The van der Waals surface area contributed by atoms with Gasteiger partial charge in [0.2, 0.25) is 0 Å². The zero-order valence-corrected chi connectivity index (χ0v) is 19.2. The van der Waals surface area contributed by atoms with E-state index in [4.69, 9.17) is 4.74 Å². The van der Waals surface area contributed by atoms with Crippen LogP contribution in [0.4, 0.5) is 8.78 Å². The lowest BCUT2D eigenvalue weighted by Gasteiger charge is -2.13. The molecule has 0 aliphatic carbocycles. The molecular formula is C27H25F2N3O2. The quantitative estimate of drug-likeness (QED) is 0.345. The van der Waals surface area contributed by atoms with E-state index in [1.807, 2.05) is 24.5 Å². The maximum atomic E-state index is 13.4. The van der Waals surface area contributed by atoms with Crippen LogP contribution in [0.5, 0.6) is 11.5 Å². The van der Waals surface area contributed by atoms with Crippen LogP contribution in [0.25, 0.3) is 11.3 Å². The lowest BCUT2D eigenvalue weighted by Crippen LogP contribution is -2.23. The molecule has 1 amide bonds. The van der Waals surface area contributed by atoms with Crippen molar-refractivity contribution in [2.45, 2.75) is 33.4 Å². The van der Waals surface area contributed by atoms with Crippen molar-refractivity contribution >= 4 is 5.91 Å². The average molecular weight is 462 g/mol. The molecule has 2 aromatic heterocycles. The molecule has 0 aliphatic heterocycles. The van der Waals surface area contributed by atoms with Crippen LogP contribution in [-0.2, 0) is 6.54 Å². The van der Waals surface area contributed by atoms with Gasteiger partial charge in [-0.1, -0.05) is 6.07 Å². The third-order valence-corrected chi connectivity index (χ3v) is 5.47. The Hall–Kier alpha value is -4.00. The van der Waals surface area contributed by atoms with Gasteiger partial charge in [0.1, 0.15) is 23.1 Å². The van der Waals surface area contributed by atoms with Crippen molar-refractivity contribution in [3.05, 3.63) is 102 Å². The van der Waals surface area contributed by atoms with Crippen LogP contribution in [0.1, 0.15) is 41.4 Å². The Balaban J connectivity index is 1.50. The van der Waals surface area contributed by atoms with Gasteiger partial charge in [-0.25, -0.2) is 8.78 Å². The van der Waals surface area contributed by atoms with Crippen LogP contribution in [-0.4, -0.2) is 15.5 Å². The zero-order valence-electron chi connectivity index (χ0n) is 19.2. The lowest BCUT2D eigenvalue weighted by molar-refractivity contribution is 0.0950. The number of pyridine rings is 1. The fourth-order valence-electron chi connectivity index (χ4n) is 3.61. The number of hydrogen-bond donors (Lipinski definition) is 1. The summed E-state index contributed by atoms with van der Waals surface area (Å²) in [5, 5.41) is 2.70. The molecule has 0 fully saturated rings. The first-order chi connectivity index (χ1) is 16.3. The molecule has 2 heterocycles. The topological polar surface area (TPSA) is 56.2 Å². The zero-order chi connectivity index (χ0) is 24.2. The summed E-state index contributed by atoms with van der Waals surface area (Å²) < 4.78 is 35.0. The Morgan fingerprint density at radius 2 is 1.85 bits per heavy atom. The van der Waals surface area contributed by atoms with E-state index in [9.17, 15) is 13.6 Å². The highest BCUT2D eigenvalue weighted by atomic mass is 19.1. The van der Waals surface area contributed by atoms with Gasteiger partial charge >= 0.3 is 0 Å². The highest BCUT2D eigenvalue weighted by molar-refractivity contribution is 5.96. The Bertz CT molecular complexity index is 1310. The monoisotopic (exact) mass is 461 g/mol. The summed E-state index contributed by atoms with van der Waals surface area (Å²) >= 11 is 0. The fraction of sp³-hybridized carbons (Fsp3) is 0.185. The summed E-state index contributed by atoms with van der Waals surface area (Å²) in [6.45, 7) is 6.01. The van der Waals surface area contributed by atoms with Crippen molar-refractivity contribution in [3.8, 4) is 22.8 Å². The number of ether oxygens (including phenoxy) is 1. The van der Waals surface area contributed by atoms with Crippen molar-refractivity contribution < 1.29 is 18.3 Å². The number of nitrogens with zero attached hydrogens (tertiary/aromatic N) is 2. The number of nitrogens with one attached hydrogen (secondary N) is 1. The summed E-state index contributed by atoms with van der Waals surface area (Å²) in [5.74, 6) is -0.612. The minimum absolute atomic E-state index is 0.00176. The molecule has 0 saturated heterocycles. The Morgan fingerprint density at radius 3 is 2.56 bits per heavy atom. The molecule has 4 aromatic rings. The number of benzene rings is 2. The first kappa shape index (κ1) is 23.2. The first-order valence-corrected chi connectivity index (χ1v) is 10.9. The van der Waals surface area contributed by atoms with Gasteiger partial charge < -0.3 is 14.6 Å². The van der Waals surface area contributed by atoms with Crippen LogP contribution >= 0.6 is 0 Å². The van der Waals surface area contributed by atoms with E-state index in [2.05, 4.69) is 28.7 Å². The molecule has 7 heteroatoms. The third kappa shape index (κ3) is 5.31. The Kier molecular flexibility index (Phi) is 6.72. The van der Waals surface area contributed by atoms with Crippen LogP contribution < -0.4 is 10.1 Å². The maximum Gasteiger partial charge on any atom is 0.251 e. The van der Waals surface area contributed by atoms with E-state index in [1.165, 1.54) is 12.1 Å². The van der Waals surface area contributed by atoms with Crippen molar-refractivity contribution in [3.63, 3.8) is 0 Å². The molecule has 0 saturated carbocycles. The van der Waals surface area contributed by atoms with Gasteiger partial charge in [0.25, 0.3) is 5.91 Å². The van der Waals surface area contributed by atoms with Gasteiger partial charge in [0, 0.05) is 60.0 Å². The van der Waals surface area contributed by atoms with E-state index < -0.39 is 11.6 Å². The highest BCUT2D eigenvalue weighted by Gasteiger charge is 2.14. The molecule has 0 atom stereocenters. The summed E-state index contributed by atoms with van der Waals surface area (Å²) in [6.07, 6.45) is 5.73. The molecule has 2 aromatic carbocycles. The summed E-state index contributed by atoms with van der Waals surface area (Å²) in [6, 6.07) is 14.3. The number of carbonyl (C=O) groups is 1. The second kappa shape index (κ2) is 9.87. The van der Waals surface area contributed by atoms with E-state index in [0.717, 1.165) is 17.3 Å². The van der Waals surface area contributed by atoms with E-state index in [-0.39, 0.29) is 12.5 Å². The van der Waals surface area contributed by atoms with Gasteiger partial charge in [-0.05, 0) is 62.7 Å². The minimum atomic E-state index is -0.687. The third-order valence-electron chi connectivity index (χ3n) is 5.47. The lowest BCUT2D eigenvalue weighted by atomic mass is 10.1. The number of halogens is 2. The molecule has 0 aliphatic rings.